The van der Waals surface area contributed by atoms with E-state index in [9.17, 15) is 9.59 Å². The normalized spacial score (nSPS) is 13.9. The fourth-order valence-corrected chi connectivity index (χ4v) is 3.51. The summed E-state index contributed by atoms with van der Waals surface area (Å²) in [7, 11) is 3.60. The number of nitrogens with zero attached hydrogens (tertiary/aromatic N) is 5. The number of hydrogen-bond donors (Lipinski definition) is 1. The Kier molecular flexibility index (Phi) is 5.07. The molecule has 0 fully saturated rings. The van der Waals surface area contributed by atoms with Gasteiger partial charge in [0.05, 0.1) is 22.5 Å². The first-order valence-corrected chi connectivity index (χ1v) is 9.08. The van der Waals surface area contributed by atoms with Gasteiger partial charge in [-0.15, -0.1) is 10.2 Å². The third-order valence-electron chi connectivity index (χ3n) is 4.92. The lowest BCUT2D eigenvalue weighted by Gasteiger charge is -2.23. The SMILES string of the molecule is CCC(CC)N1C(=O)c2cccc(N=Nc3c(C)nn(C)c3NC)c2C1=O. The van der Waals surface area contributed by atoms with Crippen LogP contribution in [0.25, 0.3) is 0 Å². The number of azo groups is 1. The quantitative estimate of drug-likeness (QED) is 0.617. The Morgan fingerprint density at radius 1 is 1.15 bits per heavy atom. The van der Waals surface area contributed by atoms with Crippen LogP contribution in [-0.4, -0.2) is 39.6 Å². The average Bonchev–Trinajstić information content (AvgIpc) is 3.08. The fourth-order valence-electron chi connectivity index (χ4n) is 3.51. The number of anilines is 1. The topological polar surface area (TPSA) is 91.9 Å². The molecule has 1 aliphatic heterocycles. The number of aryl methyl sites for hydroxylation is 2. The van der Waals surface area contributed by atoms with Crippen LogP contribution in [0.2, 0.25) is 0 Å². The monoisotopic (exact) mass is 368 g/mol. The zero-order valence-corrected chi connectivity index (χ0v) is 16.3. The van der Waals surface area contributed by atoms with Crippen molar-refractivity contribution in [3.63, 3.8) is 0 Å². The molecule has 1 aromatic carbocycles. The van der Waals surface area contributed by atoms with Crippen LogP contribution in [-0.2, 0) is 7.05 Å². The van der Waals surface area contributed by atoms with Gasteiger partial charge in [0.15, 0.2) is 11.5 Å². The molecule has 0 bridgehead atoms. The minimum atomic E-state index is -0.296. The van der Waals surface area contributed by atoms with Crippen LogP contribution in [0.15, 0.2) is 28.4 Å². The number of hydrogen-bond acceptors (Lipinski definition) is 6. The van der Waals surface area contributed by atoms with Crippen molar-refractivity contribution in [1.29, 1.82) is 0 Å². The summed E-state index contributed by atoms with van der Waals surface area (Å²) >= 11 is 0. The molecule has 0 aliphatic carbocycles. The van der Waals surface area contributed by atoms with Crippen molar-refractivity contribution in [3.05, 3.63) is 35.0 Å². The van der Waals surface area contributed by atoms with E-state index < -0.39 is 0 Å². The summed E-state index contributed by atoms with van der Waals surface area (Å²) in [5, 5.41) is 16.0. The van der Waals surface area contributed by atoms with Gasteiger partial charge < -0.3 is 5.32 Å². The summed E-state index contributed by atoms with van der Waals surface area (Å²) in [6, 6.07) is 4.99. The summed E-state index contributed by atoms with van der Waals surface area (Å²) in [5.41, 5.74) is 2.43. The zero-order chi connectivity index (χ0) is 19.7. The maximum absolute atomic E-state index is 13.0. The molecule has 0 atom stereocenters. The molecule has 8 heteroatoms. The van der Waals surface area contributed by atoms with E-state index >= 15 is 0 Å². The molecule has 1 aliphatic rings. The van der Waals surface area contributed by atoms with E-state index in [0.717, 1.165) is 24.4 Å². The Morgan fingerprint density at radius 3 is 2.48 bits per heavy atom. The first-order valence-electron chi connectivity index (χ1n) is 9.08. The summed E-state index contributed by atoms with van der Waals surface area (Å²) in [4.78, 5) is 27.1. The standard InChI is InChI=1S/C19H24N6O2/c1-6-12(7-2)25-18(26)13-9-8-10-14(15(13)19(25)27)21-22-16-11(3)23-24(5)17(16)20-4/h8-10,12,20H,6-7H2,1-5H3. The number of rotatable bonds is 6. The predicted octanol–water partition coefficient (Wildman–Crippen LogP) is 3.97. The van der Waals surface area contributed by atoms with Gasteiger partial charge in [-0.3, -0.25) is 19.2 Å². The molecule has 1 N–H and O–H groups in total. The van der Waals surface area contributed by atoms with Crippen molar-refractivity contribution < 1.29 is 9.59 Å². The third kappa shape index (κ3) is 3.01. The molecular formula is C19H24N6O2. The lowest BCUT2D eigenvalue weighted by molar-refractivity contribution is 0.0576. The van der Waals surface area contributed by atoms with Gasteiger partial charge in [-0.2, -0.15) is 5.10 Å². The van der Waals surface area contributed by atoms with Gasteiger partial charge in [-0.25, -0.2) is 0 Å². The van der Waals surface area contributed by atoms with Gasteiger partial charge in [-0.1, -0.05) is 19.9 Å². The molecular weight excluding hydrogens is 344 g/mol. The van der Waals surface area contributed by atoms with Gasteiger partial charge in [0.25, 0.3) is 11.8 Å². The van der Waals surface area contributed by atoms with E-state index in [1.165, 1.54) is 4.90 Å². The molecule has 0 saturated carbocycles. The Balaban J connectivity index is 2.03. The van der Waals surface area contributed by atoms with Crippen molar-refractivity contribution in [1.82, 2.24) is 14.7 Å². The molecule has 0 saturated heterocycles. The summed E-state index contributed by atoms with van der Waals surface area (Å²) in [5.74, 6) is 0.175. The van der Waals surface area contributed by atoms with Crippen LogP contribution < -0.4 is 5.32 Å². The largest absolute Gasteiger partial charge is 0.371 e. The number of amides is 2. The van der Waals surface area contributed by atoms with Crippen LogP contribution >= 0.6 is 0 Å². The highest BCUT2D eigenvalue weighted by molar-refractivity contribution is 6.23. The van der Waals surface area contributed by atoms with Crippen LogP contribution in [0, 0.1) is 6.92 Å². The van der Waals surface area contributed by atoms with E-state index in [1.807, 2.05) is 27.8 Å². The highest BCUT2D eigenvalue weighted by Crippen LogP contribution is 2.35. The predicted molar refractivity (Wildman–Crippen MR) is 103 cm³/mol. The highest BCUT2D eigenvalue weighted by Gasteiger charge is 2.40. The number of nitrogens with one attached hydrogen (secondary N) is 1. The van der Waals surface area contributed by atoms with Gasteiger partial charge in [-0.05, 0) is 31.9 Å². The molecule has 0 spiro atoms. The average molecular weight is 368 g/mol. The second kappa shape index (κ2) is 7.30. The number of benzene rings is 1. The van der Waals surface area contributed by atoms with Crippen molar-refractivity contribution in [2.45, 2.75) is 39.7 Å². The zero-order valence-electron chi connectivity index (χ0n) is 16.3. The van der Waals surface area contributed by atoms with Crippen LogP contribution in [0.4, 0.5) is 17.2 Å². The van der Waals surface area contributed by atoms with E-state index in [-0.39, 0.29) is 17.9 Å². The second-order valence-electron chi connectivity index (χ2n) is 6.51. The summed E-state index contributed by atoms with van der Waals surface area (Å²) in [6.07, 6.45) is 1.44. The molecule has 0 unspecified atom stereocenters. The summed E-state index contributed by atoms with van der Waals surface area (Å²) < 4.78 is 1.68. The Morgan fingerprint density at radius 2 is 1.85 bits per heavy atom. The Labute approximate surface area is 158 Å². The highest BCUT2D eigenvalue weighted by atomic mass is 16.2. The van der Waals surface area contributed by atoms with Crippen LogP contribution in [0.1, 0.15) is 53.1 Å². The molecule has 27 heavy (non-hydrogen) atoms. The van der Waals surface area contributed by atoms with E-state index in [4.69, 9.17) is 0 Å². The maximum atomic E-state index is 13.0. The minimum Gasteiger partial charge on any atom is -0.371 e. The molecule has 2 aromatic rings. The minimum absolute atomic E-state index is 0.112. The van der Waals surface area contributed by atoms with E-state index in [2.05, 4.69) is 20.6 Å². The first-order chi connectivity index (χ1) is 12.9. The fraction of sp³-hybridized carbons (Fsp3) is 0.421. The smallest absolute Gasteiger partial charge is 0.264 e. The van der Waals surface area contributed by atoms with Crippen LogP contribution in [0.5, 0.6) is 0 Å². The van der Waals surface area contributed by atoms with Gasteiger partial charge in [0.2, 0.25) is 0 Å². The van der Waals surface area contributed by atoms with Crippen molar-refractivity contribution in [3.8, 4) is 0 Å². The third-order valence-corrected chi connectivity index (χ3v) is 4.92. The molecule has 2 amide bonds. The lowest BCUT2D eigenvalue weighted by atomic mass is 10.1. The number of imide groups is 1. The molecule has 2 heterocycles. The van der Waals surface area contributed by atoms with Gasteiger partial charge >= 0.3 is 0 Å². The molecule has 1 aromatic heterocycles. The van der Waals surface area contributed by atoms with Crippen molar-refractivity contribution in [2.75, 3.05) is 12.4 Å². The van der Waals surface area contributed by atoms with Crippen LogP contribution in [0.3, 0.4) is 0 Å². The number of aromatic nitrogens is 2. The molecule has 142 valence electrons. The van der Waals surface area contributed by atoms with E-state index in [1.54, 1.807) is 29.9 Å². The van der Waals surface area contributed by atoms with Crippen molar-refractivity contribution >= 4 is 29.0 Å². The molecule has 0 radical (unpaired) electrons. The summed E-state index contributed by atoms with van der Waals surface area (Å²) in [6.45, 7) is 5.79. The Bertz CT molecular complexity index is 927. The Hall–Kier alpha value is -3.03. The first kappa shape index (κ1) is 18.8. The second-order valence-corrected chi connectivity index (χ2v) is 6.51. The van der Waals surface area contributed by atoms with E-state index in [0.29, 0.717) is 22.5 Å². The molecule has 8 nitrogen and oxygen atoms in total. The lowest BCUT2D eigenvalue weighted by Crippen LogP contribution is -2.39. The number of fused-ring (bicyclic) bond motifs is 1. The van der Waals surface area contributed by atoms with Gasteiger partial charge in [0.1, 0.15) is 0 Å². The van der Waals surface area contributed by atoms with Crippen molar-refractivity contribution in [2.24, 2.45) is 17.3 Å². The molecule has 3 rings (SSSR count). The number of carbonyl (C=O) groups is 2. The maximum Gasteiger partial charge on any atom is 0.264 e. The number of carbonyl (C=O) groups excluding carboxylic acids is 2. The van der Waals surface area contributed by atoms with Gasteiger partial charge in [0, 0.05) is 20.1 Å².